The summed E-state index contributed by atoms with van der Waals surface area (Å²) in [6.45, 7) is -0.190. The van der Waals surface area contributed by atoms with Crippen molar-refractivity contribution in [3.8, 4) is 11.3 Å². The summed E-state index contributed by atoms with van der Waals surface area (Å²) in [4.78, 5) is 12.3. The molecule has 2 aromatic carbocycles. The standard InChI is InChI=1S/C18H13Cl2NO3/c19-12-3-1-11(2-4-12)18(23)21-13-5-7-16(20)15(9-13)17-8-6-14(10-22)24-17/h1-9,22H,10H2,(H,21,23). The third-order valence-corrected chi connectivity index (χ3v) is 4.00. The van der Waals surface area contributed by atoms with Gasteiger partial charge in [-0.15, -0.1) is 0 Å². The van der Waals surface area contributed by atoms with E-state index >= 15 is 0 Å². The van der Waals surface area contributed by atoms with E-state index in [9.17, 15) is 4.79 Å². The molecule has 0 aliphatic carbocycles. The van der Waals surface area contributed by atoms with Gasteiger partial charge in [0.1, 0.15) is 18.1 Å². The van der Waals surface area contributed by atoms with Crippen LogP contribution >= 0.6 is 23.2 Å². The fourth-order valence-electron chi connectivity index (χ4n) is 2.20. The molecule has 122 valence electrons. The maximum Gasteiger partial charge on any atom is 0.255 e. The number of anilines is 1. The monoisotopic (exact) mass is 361 g/mol. The fourth-order valence-corrected chi connectivity index (χ4v) is 2.54. The van der Waals surface area contributed by atoms with Crippen LogP contribution < -0.4 is 5.32 Å². The molecule has 0 aliphatic rings. The second-order valence-corrected chi connectivity index (χ2v) is 5.92. The molecular weight excluding hydrogens is 349 g/mol. The minimum Gasteiger partial charge on any atom is -0.459 e. The first-order valence-corrected chi connectivity index (χ1v) is 7.89. The molecule has 0 atom stereocenters. The van der Waals surface area contributed by atoms with E-state index in [1.807, 2.05) is 0 Å². The molecule has 4 nitrogen and oxygen atoms in total. The van der Waals surface area contributed by atoms with E-state index < -0.39 is 0 Å². The third kappa shape index (κ3) is 3.62. The summed E-state index contributed by atoms with van der Waals surface area (Å²) in [6.07, 6.45) is 0. The first-order chi connectivity index (χ1) is 11.6. The van der Waals surface area contributed by atoms with E-state index in [4.69, 9.17) is 32.7 Å². The first kappa shape index (κ1) is 16.6. The molecule has 24 heavy (non-hydrogen) atoms. The number of amides is 1. The Morgan fingerprint density at radius 1 is 1.04 bits per heavy atom. The summed E-state index contributed by atoms with van der Waals surface area (Å²) >= 11 is 12.0. The number of aliphatic hydroxyl groups is 1. The second-order valence-electron chi connectivity index (χ2n) is 5.08. The van der Waals surface area contributed by atoms with Gasteiger partial charge in [0.15, 0.2) is 0 Å². The van der Waals surface area contributed by atoms with Gasteiger partial charge in [-0.1, -0.05) is 23.2 Å². The Morgan fingerprint density at radius 3 is 2.46 bits per heavy atom. The molecule has 2 N–H and O–H groups in total. The molecule has 1 heterocycles. The van der Waals surface area contributed by atoms with Crippen molar-refractivity contribution in [3.63, 3.8) is 0 Å². The SMILES string of the molecule is O=C(Nc1ccc(Cl)c(-c2ccc(CO)o2)c1)c1ccc(Cl)cc1. The number of furan rings is 1. The molecule has 0 saturated carbocycles. The zero-order chi connectivity index (χ0) is 17.1. The average molecular weight is 362 g/mol. The van der Waals surface area contributed by atoms with Crippen molar-refractivity contribution >= 4 is 34.8 Å². The van der Waals surface area contributed by atoms with Crippen molar-refractivity contribution in [2.24, 2.45) is 0 Å². The minimum atomic E-state index is -0.254. The molecule has 0 aliphatic heterocycles. The minimum absolute atomic E-state index is 0.190. The number of nitrogens with one attached hydrogen (secondary N) is 1. The molecular formula is C18H13Cl2NO3. The van der Waals surface area contributed by atoms with Gasteiger partial charge in [0.2, 0.25) is 0 Å². The molecule has 1 amide bonds. The highest BCUT2D eigenvalue weighted by molar-refractivity contribution is 6.33. The van der Waals surface area contributed by atoms with Gasteiger partial charge in [0.25, 0.3) is 5.91 Å². The van der Waals surface area contributed by atoms with Crippen LogP contribution in [0.3, 0.4) is 0 Å². The number of benzene rings is 2. The van der Waals surface area contributed by atoms with Crippen molar-refractivity contribution in [2.45, 2.75) is 6.61 Å². The van der Waals surface area contributed by atoms with Gasteiger partial charge < -0.3 is 14.8 Å². The van der Waals surface area contributed by atoms with Crippen LogP contribution in [0.5, 0.6) is 0 Å². The van der Waals surface area contributed by atoms with Crippen LogP contribution in [0.1, 0.15) is 16.1 Å². The van der Waals surface area contributed by atoms with Gasteiger partial charge in [-0.2, -0.15) is 0 Å². The average Bonchev–Trinajstić information content (AvgIpc) is 3.06. The van der Waals surface area contributed by atoms with Gasteiger partial charge in [0, 0.05) is 21.8 Å². The Hall–Kier alpha value is -2.27. The van der Waals surface area contributed by atoms with Crippen LogP contribution in [0.25, 0.3) is 11.3 Å². The topological polar surface area (TPSA) is 62.5 Å². The molecule has 0 unspecified atom stereocenters. The quantitative estimate of drug-likeness (QED) is 0.687. The molecule has 0 spiro atoms. The molecule has 3 aromatic rings. The van der Waals surface area contributed by atoms with Crippen LogP contribution in [0.4, 0.5) is 5.69 Å². The Bertz CT molecular complexity index is 872. The van der Waals surface area contributed by atoms with E-state index in [0.717, 1.165) is 0 Å². The highest BCUT2D eigenvalue weighted by Gasteiger charge is 2.12. The number of halogens is 2. The third-order valence-electron chi connectivity index (χ3n) is 3.41. The van der Waals surface area contributed by atoms with Gasteiger partial charge in [-0.05, 0) is 54.6 Å². The van der Waals surface area contributed by atoms with E-state index in [1.165, 1.54) is 0 Å². The van der Waals surface area contributed by atoms with Gasteiger partial charge in [-0.25, -0.2) is 0 Å². The van der Waals surface area contributed by atoms with Crippen LogP contribution in [0, 0.1) is 0 Å². The summed E-state index contributed by atoms with van der Waals surface area (Å²) in [6, 6.07) is 15.1. The summed E-state index contributed by atoms with van der Waals surface area (Å²) in [5.74, 6) is 0.707. The smallest absolute Gasteiger partial charge is 0.255 e. The number of hydrogen-bond donors (Lipinski definition) is 2. The Labute approximate surface area is 148 Å². The first-order valence-electron chi connectivity index (χ1n) is 7.13. The normalized spacial score (nSPS) is 10.6. The number of hydrogen-bond acceptors (Lipinski definition) is 3. The number of aliphatic hydroxyl groups excluding tert-OH is 1. The highest BCUT2D eigenvalue weighted by atomic mass is 35.5. The number of rotatable bonds is 4. The largest absolute Gasteiger partial charge is 0.459 e. The van der Waals surface area contributed by atoms with Crippen LogP contribution in [-0.4, -0.2) is 11.0 Å². The maximum absolute atomic E-state index is 12.3. The number of carbonyl (C=O) groups is 1. The van der Waals surface area contributed by atoms with Crippen LogP contribution in [0.15, 0.2) is 59.0 Å². The van der Waals surface area contributed by atoms with Crippen molar-refractivity contribution in [2.75, 3.05) is 5.32 Å². The zero-order valence-electron chi connectivity index (χ0n) is 12.4. The van der Waals surface area contributed by atoms with Crippen LogP contribution in [0.2, 0.25) is 10.0 Å². The maximum atomic E-state index is 12.3. The lowest BCUT2D eigenvalue weighted by Crippen LogP contribution is -2.11. The van der Waals surface area contributed by atoms with Crippen molar-refractivity contribution in [1.29, 1.82) is 0 Å². The lowest BCUT2D eigenvalue weighted by atomic mass is 10.1. The summed E-state index contributed by atoms with van der Waals surface area (Å²) in [5, 5.41) is 12.9. The Morgan fingerprint density at radius 2 is 1.79 bits per heavy atom. The molecule has 3 rings (SSSR count). The fraction of sp³-hybridized carbons (Fsp3) is 0.0556. The molecule has 0 fully saturated rings. The second kappa shape index (κ2) is 7.09. The molecule has 0 radical (unpaired) electrons. The molecule has 1 aromatic heterocycles. The van der Waals surface area contributed by atoms with E-state index in [1.54, 1.807) is 54.6 Å². The predicted octanol–water partition coefficient (Wildman–Crippen LogP) is 5.00. The lowest BCUT2D eigenvalue weighted by Gasteiger charge is -2.08. The summed E-state index contributed by atoms with van der Waals surface area (Å²) < 4.78 is 5.50. The van der Waals surface area contributed by atoms with Gasteiger partial charge in [0.05, 0.1) is 5.02 Å². The Balaban J connectivity index is 1.85. The van der Waals surface area contributed by atoms with Crippen molar-refractivity contribution < 1.29 is 14.3 Å². The lowest BCUT2D eigenvalue weighted by molar-refractivity contribution is 0.102. The van der Waals surface area contributed by atoms with E-state index in [2.05, 4.69) is 5.32 Å². The number of carbonyl (C=O) groups excluding carboxylic acids is 1. The van der Waals surface area contributed by atoms with Gasteiger partial charge in [-0.3, -0.25) is 4.79 Å². The van der Waals surface area contributed by atoms with E-state index in [0.29, 0.717) is 38.4 Å². The van der Waals surface area contributed by atoms with Gasteiger partial charge >= 0.3 is 0 Å². The van der Waals surface area contributed by atoms with E-state index in [-0.39, 0.29) is 12.5 Å². The Kier molecular flexibility index (Phi) is 4.90. The highest BCUT2D eigenvalue weighted by Crippen LogP contribution is 2.32. The molecule has 0 bridgehead atoms. The molecule has 6 heteroatoms. The summed E-state index contributed by atoms with van der Waals surface area (Å²) in [5.41, 5.74) is 1.71. The summed E-state index contributed by atoms with van der Waals surface area (Å²) in [7, 11) is 0. The van der Waals surface area contributed by atoms with Crippen molar-refractivity contribution in [3.05, 3.63) is 76.0 Å². The zero-order valence-corrected chi connectivity index (χ0v) is 13.9. The van der Waals surface area contributed by atoms with Crippen molar-refractivity contribution in [1.82, 2.24) is 0 Å². The molecule has 0 saturated heterocycles. The van der Waals surface area contributed by atoms with Crippen LogP contribution in [-0.2, 0) is 6.61 Å². The predicted molar refractivity (Wildman–Crippen MR) is 94.5 cm³/mol.